The average molecular weight is 1030 g/mol. The summed E-state index contributed by atoms with van der Waals surface area (Å²) in [6, 6.07) is 0. The van der Waals surface area contributed by atoms with Gasteiger partial charge in [0.2, 0.25) is 0 Å². The van der Waals surface area contributed by atoms with Gasteiger partial charge < -0.3 is 14.2 Å². The first kappa shape index (κ1) is 70.3. The van der Waals surface area contributed by atoms with Gasteiger partial charge in [0.15, 0.2) is 6.10 Å². The van der Waals surface area contributed by atoms with E-state index < -0.39 is 6.10 Å². The second-order valence-corrected chi connectivity index (χ2v) is 20.6. The maximum atomic E-state index is 12.9. The summed E-state index contributed by atoms with van der Waals surface area (Å²) in [6.07, 6.45) is 82.6. The average Bonchev–Trinajstić information content (AvgIpc) is 3.40. The first-order valence-corrected chi connectivity index (χ1v) is 31.2. The normalized spacial score (nSPS) is 12.7. The molecule has 0 aromatic heterocycles. The molecule has 0 saturated carbocycles. The van der Waals surface area contributed by atoms with Crippen LogP contribution in [0.3, 0.4) is 0 Å². The predicted molar refractivity (Wildman–Crippen MR) is 320 cm³/mol. The maximum Gasteiger partial charge on any atom is 0.306 e. The number of rotatable bonds is 56. The molecule has 0 radical (unpaired) electrons. The highest BCUT2D eigenvalue weighted by Crippen LogP contribution is 2.16. The van der Waals surface area contributed by atoms with Crippen molar-refractivity contribution in [1.29, 1.82) is 0 Å². The van der Waals surface area contributed by atoms with Crippen LogP contribution in [0.5, 0.6) is 0 Å². The fourth-order valence-electron chi connectivity index (χ4n) is 8.66. The minimum Gasteiger partial charge on any atom is -0.462 e. The zero-order chi connectivity index (χ0) is 53.6. The number of allylic oxidation sites excluding steroid dienone is 16. The fraction of sp³-hybridized carbons (Fsp3) is 0.721. The van der Waals surface area contributed by atoms with Gasteiger partial charge in [-0.05, 0) is 96.3 Å². The standard InChI is InChI=1S/C68H116O6/c1-4-7-10-13-16-19-22-25-27-29-31-33-34-35-37-38-40-43-46-49-52-55-58-61-67(70)73-64-65(63-72-66(69)60-57-54-51-48-45-42-24-21-18-15-12-9-6-3)74-68(71)62-59-56-53-50-47-44-41-39-36-32-30-28-26-23-20-17-14-11-8-5-2/h7,10,12,15-16,19,21,24-25,27,31,33,35,37,40,43,65H,4-6,8-9,11,13-14,17-18,20,22-23,26,28-30,32,34,36,38-39,41-42,44-64H2,1-3H3/b10-7-,15-12-,19-16-,24-21-,27-25-,33-31-,37-35-,43-40-. The molecule has 0 aromatic rings. The van der Waals surface area contributed by atoms with Crippen LogP contribution in [0.1, 0.15) is 297 Å². The summed E-state index contributed by atoms with van der Waals surface area (Å²) in [7, 11) is 0. The summed E-state index contributed by atoms with van der Waals surface area (Å²) in [5, 5.41) is 0. The van der Waals surface area contributed by atoms with Crippen molar-refractivity contribution in [1.82, 2.24) is 0 Å². The van der Waals surface area contributed by atoms with Gasteiger partial charge >= 0.3 is 17.9 Å². The minimum absolute atomic E-state index is 0.0916. The van der Waals surface area contributed by atoms with Gasteiger partial charge in [-0.1, -0.05) is 279 Å². The van der Waals surface area contributed by atoms with Gasteiger partial charge in [0.25, 0.3) is 0 Å². The van der Waals surface area contributed by atoms with E-state index in [0.29, 0.717) is 19.3 Å². The third-order valence-corrected chi connectivity index (χ3v) is 13.3. The Morgan fingerprint density at radius 2 is 0.554 bits per heavy atom. The molecule has 0 amide bonds. The van der Waals surface area contributed by atoms with Crippen LogP contribution in [0.15, 0.2) is 97.2 Å². The fourth-order valence-corrected chi connectivity index (χ4v) is 8.66. The molecule has 0 rings (SSSR count). The molecule has 0 saturated heterocycles. The molecular weight excluding hydrogens is 913 g/mol. The molecule has 0 heterocycles. The Balaban J connectivity index is 4.39. The lowest BCUT2D eigenvalue weighted by Crippen LogP contribution is -2.30. The Labute approximate surface area is 457 Å². The molecule has 0 aromatic carbocycles. The van der Waals surface area contributed by atoms with Gasteiger partial charge in [-0.15, -0.1) is 0 Å². The SMILES string of the molecule is CC/C=C\C/C=C\C/C=C\C/C=C\C/C=C\C/C=C\CCCCCCC(=O)OCC(COC(=O)CCCCCCC/C=C\C/C=C\CCC)OC(=O)CCCCCCCCCCCCCCCCCCCCCC. The van der Waals surface area contributed by atoms with Crippen LogP contribution in [0.4, 0.5) is 0 Å². The number of hydrogen-bond donors (Lipinski definition) is 0. The van der Waals surface area contributed by atoms with E-state index in [2.05, 4.69) is 118 Å². The van der Waals surface area contributed by atoms with E-state index in [9.17, 15) is 14.4 Å². The van der Waals surface area contributed by atoms with Gasteiger partial charge in [0, 0.05) is 19.3 Å². The first-order valence-electron chi connectivity index (χ1n) is 31.2. The number of ether oxygens (including phenoxy) is 3. The molecule has 6 nitrogen and oxygen atoms in total. The lowest BCUT2D eigenvalue weighted by atomic mass is 10.0. The lowest BCUT2D eigenvalue weighted by molar-refractivity contribution is -0.167. The van der Waals surface area contributed by atoms with Gasteiger partial charge in [-0.2, -0.15) is 0 Å². The molecule has 1 atom stereocenters. The number of carbonyl (C=O) groups excluding carboxylic acids is 3. The van der Waals surface area contributed by atoms with E-state index in [-0.39, 0.29) is 31.1 Å². The van der Waals surface area contributed by atoms with Gasteiger partial charge in [0.05, 0.1) is 0 Å². The first-order chi connectivity index (χ1) is 36.5. The van der Waals surface area contributed by atoms with Gasteiger partial charge in [-0.25, -0.2) is 0 Å². The second-order valence-electron chi connectivity index (χ2n) is 20.6. The summed E-state index contributed by atoms with van der Waals surface area (Å²) in [6.45, 7) is 6.46. The van der Waals surface area contributed by atoms with Crippen LogP contribution in [-0.2, 0) is 28.6 Å². The van der Waals surface area contributed by atoms with Crippen LogP contribution < -0.4 is 0 Å². The molecule has 0 aliphatic heterocycles. The van der Waals surface area contributed by atoms with E-state index in [1.165, 1.54) is 116 Å². The molecule has 0 bridgehead atoms. The molecule has 0 aliphatic rings. The van der Waals surface area contributed by atoms with Crippen LogP contribution in [-0.4, -0.2) is 37.2 Å². The van der Waals surface area contributed by atoms with Crippen molar-refractivity contribution < 1.29 is 28.6 Å². The highest BCUT2D eigenvalue weighted by molar-refractivity contribution is 5.71. The van der Waals surface area contributed by atoms with E-state index >= 15 is 0 Å². The van der Waals surface area contributed by atoms with Crippen molar-refractivity contribution >= 4 is 17.9 Å². The monoisotopic (exact) mass is 1030 g/mol. The van der Waals surface area contributed by atoms with Crippen molar-refractivity contribution in [2.24, 2.45) is 0 Å². The number of hydrogen-bond acceptors (Lipinski definition) is 6. The zero-order valence-corrected chi connectivity index (χ0v) is 48.6. The lowest BCUT2D eigenvalue weighted by Gasteiger charge is -2.18. The molecule has 74 heavy (non-hydrogen) atoms. The predicted octanol–water partition coefficient (Wildman–Crippen LogP) is 21.3. The summed E-state index contributed by atoms with van der Waals surface area (Å²) in [4.78, 5) is 38.3. The zero-order valence-electron chi connectivity index (χ0n) is 48.6. The van der Waals surface area contributed by atoms with Crippen LogP contribution >= 0.6 is 0 Å². The topological polar surface area (TPSA) is 78.9 Å². The molecule has 424 valence electrons. The Bertz CT molecular complexity index is 1460. The van der Waals surface area contributed by atoms with Crippen LogP contribution in [0, 0.1) is 0 Å². The summed E-state index contributed by atoms with van der Waals surface area (Å²) in [5.74, 6) is -0.920. The summed E-state index contributed by atoms with van der Waals surface area (Å²) < 4.78 is 16.9. The number of unbranched alkanes of at least 4 members (excludes halogenated alkanes) is 29. The van der Waals surface area contributed by atoms with Crippen LogP contribution in [0.2, 0.25) is 0 Å². The van der Waals surface area contributed by atoms with Crippen LogP contribution in [0.25, 0.3) is 0 Å². The number of esters is 3. The molecular formula is C68H116O6. The minimum atomic E-state index is -0.794. The highest BCUT2D eigenvalue weighted by atomic mass is 16.6. The molecule has 0 N–H and O–H groups in total. The summed E-state index contributed by atoms with van der Waals surface area (Å²) in [5.41, 5.74) is 0. The quantitative estimate of drug-likeness (QED) is 0.0261. The van der Waals surface area contributed by atoms with Gasteiger partial charge in [0.1, 0.15) is 13.2 Å². The van der Waals surface area contributed by atoms with Crippen molar-refractivity contribution in [2.75, 3.05) is 13.2 Å². The molecule has 1 unspecified atom stereocenters. The van der Waals surface area contributed by atoms with Crippen molar-refractivity contribution in [3.05, 3.63) is 97.2 Å². The highest BCUT2D eigenvalue weighted by Gasteiger charge is 2.19. The van der Waals surface area contributed by atoms with Gasteiger partial charge in [-0.3, -0.25) is 14.4 Å². The van der Waals surface area contributed by atoms with Crippen molar-refractivity contribution in [3.8, 4) is 0 Å². The molecule has 0 aliphatic carbocycles. The third-order valence-electron chi connectivity index (χ3n) is 13.3. The van der Waals surface area contributed by atoms with Crippen molar-refractivity contribution in [2.45, 2.75) is 303 Å². The molecule has 0 fully saturated rings. The Hall–Kier alpha value is -3.67. The van der Waals surface area contributed by atoms with Crippen molar-refractivity contribution in [3.63, 3.8) is 0 Å². The summed E-state index contributed by atoms with van der Waals surface area (Å²) >= 11 is 0. The number of carbonyl (C=O) groups is 3. The van der Waals surface area contributed by atoms with E-state index in [1.54, 1.807) is 0 Å². The Morgan fingerprint density at radius 3 is 0.878 bits per heavy atom. The third kappa shape index (κ3) is 59.2. The Morgan fingerprint density at radius 1 is 0.284 bits per heavy atom. The van der Waals surface area contributed by atoms with E-state index in [1.807, 2.05) is 0 Å². The largest absolute Gasteiger partial charge is 0.462 e. The Kier molecular flexibility index (Phi) is 58.8. The van der Waals surface area contributed by atoms with E-state index in [4.69, 9.17) is 14.2 Å². The molecule has 0 spiro atoms. The molecule has 6 heteroatoms. The smallest absolute Gasteiger partial charge is 0.306 e. The maximum absolute atomic E-state index is 12.9. The second kappa shape index (κ2) is 61.9. The van der Waals surface area contributed by atoms with E-state index in [0.717, 1.165) is 141 Å².